The Labute approximate surface area is 143 Å². The van der Waals surface area contributed by atoms with Gasteiger partial charge in [-0.05, 0) is 50.2 Å². The maximum absolute atomic E-state index is 13.8. The molecule has 0 unspecified atom stereocenters. The Morgan fingerprint density at radius 3 is 2.59 bits per heavy atom. The van der Waals surface area contributed by atoms with Gasteiger partial charge in [-0.25, -0.2) is 4.39 Å². The Morgan fingerprint density at radius 1 is 1.23 bits per heavy atom. The first kappa shape index (κ1) is 18.0. The normalized spacial score (nSPS) is 26.9. The van der Waals surface area contributed by atoms with Crippen molar-refractivity contribution in [2.75, 3.05) is 39.8 Å². The van der Waals surface area contributed by atoms with Gasteiger partial charge in [0.25, 0.3) is 0 Å². The number of likely N-dealkylation sites (N-methyl/N-ethyl adjacent to an activating group) is 1. The molecular weight excluding hydrogens is 324 g/mol. The van der Waals surface area contributed by atoms with Crippen molar-refractivity contribution in [1.82, 2.24) is 15.1 Å². The molecule has 0 saturated carbocycles. The number of benzene rings is 1. The van der Waals surface area contributed by atoms with Crippen LogP contribution >= 0.6 is 24.0 Å². The first-order chi connectivity index (χ1) is 10.1. The lowest BCUT2D eigenvalue weighted by atomic mass is 9.97. The van der Waals surface area contributed by atoms with Crippen LogP contribution in [0.3, 0.4) is 0 Å². The zero-order valence-corrected chi connectivity index (χ0v) is 14.7. The van der Waals surface area contributed by atoms with E-state index in [1.807, 2.05) is 6.92 Å². The SMILES string of the molecule is Cc1cc(F)cc([C@H]2NCC[C@H]2N2CCN(C)CC2)c1Cl.Cl. The number of nitrogens with one attached hydrogen (secondary N) is 1. The van der Waals surface area contributed by atoms with Gasteiger partial charge in [-0.15, -0.1) is 12.4 Å². The van der Waals surface area contributed by atoms with E-state index in [0.717, 1.165) is 50.3 Å². The first-order valence-electron chi connectivity index (χ1n) is 7.68. The zero-order chi connectivity index (χ0) is 15.0. The Morgan fingerprint density at radius 2 is 1.91 bits per heavy atom. The highest BCUT2D eigenvalue weighted by molar-refractivity contribution is 6.32. The molecule has 22 heavy (non-hydrogen) atoms. The molecule has 1 aromatic carbocycles. The van der Waals surface area contributed by atoms with Crippen LogP contribution in [0.25, 0.3) is 0 Å². The molecule has 2 fully saturated rings. The molecule has 124 valence electrons. The number of halogens is 3. The number of aryl methyl sites for hydroxylation is 1. The predicted octanol–water partition coefficient (Wildman–Crippen LogP) is 2.86. The molecule has 0 aliphatic carbocycles. The van der Waals surface area contributed by atoms with Gasteiger partial charge in [0, 0.05) is 43.3 Å². The molecule has 1 aromatic rings. The predicted molar refractivity (Wildman–Crippen MR) is 91.6 cm³/mol. The molecule has 0 radical (unpaired) electrons. The molecule has 0 amide bonds. The highest BCUT2D eigenvalue weighted by Gasteiger charge is 2.35. The maximum atomic E-state index is 13.8. The summed E-state index contributed by atoms with van der Waals surface area (Å²) in [6.07, 6.45) is 1.10. The molecular formula is C16H24Cl2FN3. The molecule has 2 heterocycles. The van der Waals surface area contributed by atoms with Gasteiger partial charge < -0.3 is 10.2 Å². The van der Waals surface area contributed by atoms with Crippen LogP contribution in [0.15, 0.2) is 12.1 Å². The monoisotopic (exact) mass is 347 g/mol. The summed E-state index contributed by atoms with van der Waals surface area (Å²) in [6.45, 7) is 7.18. The minimum absolute atomic E-state index is 0. The topological polar surface area (TPSA) is 18.5 Å². The molecule has 3 rings (SSSR count). The van der Waals surface area contributed by atoms with E-state index in [4.69, 9.17) is 11.6 Å². The highest BCUT2D eigenvalue weighted by Crippen LogP contribution is 2.35. The Bertz CT molecular complexity index is 518. The minimum atomic E-state index is -0.197. The van der Waals surface area contributed by atoms with Crippen molar-refractivity contribution in [3.8, 4) is 0 Å². The van der Waals surface area contributed by atoms with E-state index in [0.29, 0.717) is 11.1 Å². The lowest BCUT2D eigenvalue weighted by Crippen LogP contribution is -2.50. The second kappa shape index (κ2) is 7.45. The number of rotatable bonds is 2. The summed E-state index contributed by atoms with van der Waals surface area (Å²) >= 11 is 6.44. The molecule has 1 N–H and O–H groups in total. The van der Waals surface area contributed by atoms with Crippen molar-refractivity contribution in [3.05, 3.63) is 34.1 Å². The zero-order valence-electron chi connectivity index (χ0n) is 13.1. The summed E-state index contributed by atoms with van der Waals surface area (Å²) in [5, 5.41) is 4.22. The van der Waals surface area contributed by atoms with Gasteiger partial charge in [0.1, 0.15) is 5.82 Å². The molecule has 6 heteroatoms. The summed E-state index contributed by atoms with van der Waals surface area (Å²) in [4.78, 5) is 4.88. The largest absolute Gasteiger partial charge is 0.309 e. The molecule has 2 saturated heterocycles. The van der Waals surface area contributed by atoms with Gasteiger partial charge in [-0.1, -0.05) is 11.6 Å². The third-order valence-corrected chi connectivity index (χ3v) is 5.29. The molecule has 2 aliphatic rings. The lowest BCUT2D eigenvalue weighted by molar-refractivity contribution is 0.104. The van der Waals surface area contributed by atoms with Crippen LogP contribution in [-0.2, 0) is 0 Å². The van der Waals surface area contributed by atoms with E-state index in [1.165, 1.54) is 6.07 Å². The van der Waals surface area contributed by atoms with E-state index in [-0.39, 0.29) is 24.3 Å². The van der Waals surface area contributed by atoms with Gasteiger partial charge in [-0.2, -0.15) is 0 Å². The summed E-state index contributed by atoms with van der Waals surface area (Å²) < 4.78 is 13.8. The number of nitrogens with zero attached hydrogens (tertiary/aromatic N) is 2. The molecule has 2 atom stereocenters. The van der Waals surface area contributed by atoms with Crippen LogP contribution in [0.5, 0.6) is 0 Å². The van der Waals surface area contributed by atoms with Gasteiger partial charge >= 0.3 is 0 Å². The average Bonchev–Trinajstić information content (AvgIpc) is 2.93. The lowest BCUT2D eigenvalue weighted by Gasteiger charge is -2.39. The number of piperazine rings is 1. The Balaban J connectivity index is 0.00000176. The van der Waals surface area contributed by atoms with Crippen molar-refractivity contribution in [1.29, 1.82) is 0 Å². The third-order valence-electron chi connectivity index (χ3n) is 4.78. The summed E-state index contributed by atoms with van der Waals surface area (Å²) in [5.41, 5.74) is 1.73. The molecule has 3 nitrogen and oxygen atoms in total. The summed E-state index contributed by atoms with van der Waals surface area (Å²) in [7, 11) is 2.16. The molecule has 0 spiro atoms. The summed E-state index contributed by atoms with van der Waals surface area (Å²) in [5.74, 6) is -0.197. The van der Waals surface area contributed by atoms with Crippen molar-refractivity contribution in [2.45, 2.75) is 25.4 Å². The second-order valence-corrected chi connectivity index (χ2v) is 6.63. The molecule has 0 bridgehead atoms. The minimum Gasteiger partial charge on any atom is -0.309 e. The third kappa shape index (κ3) is 3.57. The number of hydrogen-bond donors (Lipinski definition) is 1. The second-order valence-electron chi connectivity index (χ2n) is 6.25. The van der Waals surface area contributed by atoms with E-state index in [9.17, 15) is 4.39 Å². The van der Waals surface area contributed by atoms with Gasteiger partial charge in [0.05, 0.1) is 0 Å². The van der Waals surface area contributed by atoms with Gasteiger partial charge in [0.15, 0.2) is 0 Å². The standard InChI is InChI=1S/C16H23ClFN3.ClH/c1-11-9-12(18)10-13(15(11)17)16-14(3-4-19-16)21-7-5-20(2)6-8-21;/h9-10,14,16,19H,3-8H2,1-2H3;1H/t14-,16-;/m1./s1. The maximum Gasteiger partial charge on any atom is 0.123 e. The van der Waals surface area contributed by atoms with Crippen LogP contribution in [0, 0.1) is 12.7 Å². The number of hydrogen-bond acceptors (Lipinski definition) is 3. The summed E-state index contributed by atoms with van der Waals surface area (Å²) in [6, 6.07) is 3.65. The van der Waals surface area contributed by atoms with Crippen LogP contribution in [0.4, 0.5) is 4.39 Å². The smallest absolute Gasteiger partial charge is 0.123 e. The first-order valence-corrected chi connectivity index (χ1v) is 8.05. The fraction of sp³-hybridized carbons (Fsp3) is 0.625. The van der Waals surface area contributed by atoms with Gasteiger partial charge in [-0.3, -0.25) is 4.90 Å². The van der Waals surface area contributed by atoms with E-state index in [1.54, 1.807) is 6.07 Å². The van der Waals surface area contributed by atoms with E-state index < -0.39 is 0 Å². The van der Waals surface area contributed by atoms with Crippen LogP contribution in [0.2, 0.25) is 5.02 Å². The van der Waals surface area contributed by atoms with Crippen LogP contribution < -0.4 is 5.32 Å². The van der Waals surface area contributed by atoms with Crippen LogP contribution in [-0.4, -0.2) is 55.6 Å². The Hall–Kier alpha value is -0.390. The Kier molecular flexibility index (Phi) is 6.08. The fourth-order valence-electron chi connectivity index (χ4n) is 3.53. The van der Waals surface area contributed by atoms with E-state index in [2.05, 4.69) is 22.2 Å². The van der Waals surface area contributed by atoms with Crippen molar-refractivity contribution >= 4 is 24.0 Å². The molecule has 0 aromatic heterocycles. The quantitative estimate of drug-likeness (QED) is 0.887. The van der Waals surface area contributed by atoms with Gasteiger partial charge in [0.2, 0.25) is 0 Å². The fourth-order valence-corrected chi connectivity index (χ4v) is 3.76. The van der Waals surface area contributed by atoms with Crippen molar-refractivity contribution in [2.24, 2.45) is 0 Å². The highest BCUT2D eigenvalue weighted by atomic mass is 35.5. The molecule has 2 aliphatic heterocycles. The van der Waals surface area contributed by atoms with E-state index >= 15 is 0 Å². The van der Waals surface area contributed by atoms with Crippen LogP contribution in [0.1, 0.15) is 23.6 Å². The van der Waals surface area contributed by atoms with Crippen molar-refractivity contribution in [3.63, 3.8) is 0 Å². The van der Waals surface area contributed by atoms with Crippen molar-refractivity contribution < 1.29 is 4.39 Å². The average molecular weight is 348 g/mol.